The molecule has 0 radical (unpaired) electrons. The van der Waals surface area contributed by atoms with Crippen molar-refractivity contribution in [2.24, 2.45) is 0 Å². The Morgan fingerprint density at radius 2 is 2.00 bits per heavy atom. The number of rotatable bonds is 4. The van der Waals surface area contributed by atoms with Gasteiger partial charge in [0, 0.05) is 37.9 Å². The van der Waals surface area contributed by atoms with Gasteiger partial charge in [0.25, 0.3) is 0 Å². The first-order valence-corrected chi connectivity index (χ1v) is 8.39. The van der Waals surface area contributed by atoms with Crippen molar-refractivity contribution in [2.45, 2.75) is 51.4 Å². The summed E-state index contributed by atoms with van der Waals surface area (Å²) in [5.41, 5.74) is 7.33. The van der Waals surface area contributed by atoms with Gasteiger partial charge in [-0.25, -0.2) is 9.78 Å². The summed E-state index contributed by atoms with van der Waals surface area (Å²) in [7, 11) is 0. The molecule has 0 aliphatic carbocycles. The Morgan fingerprint density at radius 1 is 1.30 bits per heavy atom. The molecule has 1 aromatic heterocycles. The third kappa shape index (κ3) is 3.92. The first kappa shape index (κ1) is 16.0. The Hall–Kier alpha value is -1.86. The number of pyridine rings is 1. The Bertz CT molecular complexity index is 535. The molecule has 3 heterocycles. The van der Waals surface area contributed by atoms with Gasteiger partial charge < -0.3 is 15.5 Å². The molecule has 0 spiro atoms. The number of nitrogens with zero attached hydrogens (tertiary/aromatic N) is 2. The van der Waals surface area contributed by atoms with Crippen LogP contribution in [-0.4, -0.2) is 42.2 Å². The van der Waals surface area contributed by atoms with E-state index in [2.05, 4.69) is 37.4 Å². The fraction of sp³-hybridized carbons (Fsp3) is 0.625. The van der Waals surface area contributed by atoms with Crippen molar-refractivity contribution in [3.05, 3.63) is 23.9 Å². The second-order valence-corrected chi connectivity index (χ2v) is 6.44. The lowest BCUT2D eigenvalue weighted by atomic mass is 10.1. The van der Waals surface area contributed by atoms with Gasteiger partial charge in [-0.2, -0.15) is 0 Å². The van der Waals surface area contributed by atoms with E-state index in [1.165, 1.54) is 12.8 Å². The molecule has 7 nitrogen and oxygen atoms in total. The molecular formula is C16H26N6O. The average Bonchev–Trinajstić information content (AvgIpc) is 3.19. The van der Waals surface area contributed by atoms with Crippen LogP contribution >= 0.6 is 0 Å². The number of aromatic nitrogens is 1. The molecule has 0 bridgehead atoms. The number of carbonyl (C=O) groups is 1. The van der Waals surface area contributed by atoms with Crippen LogP contribution in [0.5, 0.6) is 0 Å². The van der Waals surface area contributed by atoms with Gasteiger partial charge in [0.1, 0.15) is 5.82 Å². The Kier molecular flexibility index (Phi) is 4.97. The molecular weight excluding hydrogens is 292 g/mol. The van der Waals surface area contributed by atoms with E-state index in [1.807, 2.05) is 26.1 Å². The predicted molar refractivity (Wildman–Crippen MR) is 90.0 cm³/mol. The number of amides is 2. The van der Waals surface area contributed by atoms with Gasteiger partial charge in [-0.05, 0) is 44.4 Å². The van der Waals surface area contributed by atoms with Crippen LogP contribution in [-0.2, 0) is 6.54 Å². The largest absolute Gasteiger partial charge is 0.357 e. The fourth-order valence-electron chi connectivity index (χ4n) is 3.20. The molecule has 2 atom stereocenters. The molecule has 2 amide bonds. The number of nitrogens with one attached hydrogen (secondary N) is 4. The number of anilines is 1. The van der Waals surface area contributed by atoms with Crippen molar-refractivity contribution >= 4 is 11.8 Å². The van der Waals surface area contributed by atoms with Crippen LogP contribution in [0.4, 0.5) is 10.6 Å². The zero-order valence-corrected chi connectivity index (χ0v) is 13.8. The molecule has 0 aromatic carbocycles. The van der Waals surface area contributed by atoms with E-state index in [4.69, 9.17) is 0 Å². The molecule has 2 unspecified atom stereocenters. The van der Waals surface area contributed by atoms with Gasteiger partial charge >= 0.3 is 6.03 Å². The summed E-state index contributed by atoms with van der Waals surface area (Å²) in [5.74, 6) is 1.01. The van der Waals surface area contributed by atoms with E-state index < -0.39 is 0 Å². The number of urea groups is 1. The van der Waals surface area contributed by atoms with Crippen LogP contribution < -0.4 is 26.4 Å². The van der Waals surface area contributed by atoms with E-state index in [1.54, 1.807) is 0 Å². The number of hydrazine groups is 1. The van der Waals surface area contributed by atoms with E-state index in [9.17, 15) is 4.79 Å². The highest BCUT2D eigenvalue weighted by molar-refractivity contribution is 5.74. The monoisotopic (exact) mass is 318 g/mol. The Balaban J connectivity index is 1.51. The lowest BCUT2D eigenvalue weighted by Crippen LogP contribution is -2.49. The molecule has 7 heteroatoms. The first-order chi connectivity index (χ1) is 11.1. The molecule has 3 rings (SSSR count). The van der Waals surface area contributed by atoms with E-state index in [0.717, 1.165) is 24.5 Å². The standard InChI is InChI=1S/C16H26N6O/c1-11-15(12(2)21-20-11)19-16(23)18-10-13-5-6-17-14(9-13)22-7-3-4-8-22/h5-6,9,11-12,15,20-21H,3-4,7-8,10H2,1-2H3,(H2,18,19,23). The van der Waals surface area contributed by atoms with Gasteiger partial charge in [-0.15, -0.1) is 0 Å². The third-order valence-electron chi connectivity index (χ3n) is 4.61. The van der Waals surface area contributed by atoms with Crippen molar-refractivity contribution in [3.63, 3.8) is 0 Å². The number of hydrogen-bond acceptors (Lipinski definition) is 5. The minimum atomic E-state index is -0.140. The first-order valence-electron chi connectivity index (χ1n) is 8.39. The molecule has 2 aliphatic rings. The highest BCUT2D eigenvalue weighted by Gasteiger charge is 2.30. The van der Waals surface area contributed by atoms with Crippen LogP contribution in [0.15, 0.2) is 18.3 Å². The highest BCUT2D eigenvalue weighted by atomic mass is 16.2. The molecule has 2 fully saturated rings. The molecule has 1 aromatic rings. The van der Waals surface area contributed by atoms with Crippen molar-refractivity contribution < 1.29 is 4.79 Å². The second kappa shape index (κ2) is 7.14. The van der Waals surface area contributed by atoms with Gasteiger partial charge in [0.2, 0.25) is 0 Å². The zero-order valence-electron chi connectivity index (χ0n) is 13.8. The second-order valence-electron chi connectivity index (χ2n) is 6.44. The maximum absolute atomic E-state index is 12.1. The zero-order chi connectivity index (χ0) is 16.2. The summed E-state index contributed by atoms with van der Waals surface area (Å²) in [6.07, 6.45) is 4.27. The van der Waals surface area contributed by atoms with Crippen molar-refractivity contribution in [3.8, 4) is 0 Å². The van der Waals surface area contributed by atoms with Crippen LogP contribution in [0.25, 0.3) is 0 Å². The summed E-state index contributed by atoms with van der Waals surface area (Å²) in [4.78, 5) is 18.8. The van der Waals surface area contributed by atoms with Gasteiger partial charge in [-0.3, -0.25) is 10.9 Å². The SMILES string of the molecule is CC1NNC(C)C1NC(=O)NCc1ccnc(N2CCCC2)c1. The smallest absolute Gasteiger partial charge is 0.315 e. The third-order valence-corrected chi connectivity index (χ3v) is 4.61. The maximum Gasteiger partial charge on any atom is 0.315 e. The molecule has 2 saturated heterocycles. The Labute approximate surface area is 137 Å². The summed E-state index contributed by atoms with van der Waals surface area (Å²) < 4.78 is 0. The van der Waals surface area contributed by atoms with Crippen molar-refractivity contribution in [2.75, 3.05) is 18.0 Å². The van der Waals surface area contributed by atoms with Crippen LogP contribution in [0.2, 0.25) is 0 Å². The van der Waals surface area contributed by atoms with Gasteiger partial charge in [0.05, 0.1) is 6.04 Å². The summed E-state index contributed by atoms with van der Waals surface area (Å²) in [6, 6.07) is 4.36. The van der Waals surface area contributed by atoms with Crippen LogP contribution in [0.1, 0.15) is 32.3 Å². The lowest BCUT2D eigenvalue weighted by molar-refractivity contribution is 0.234. The molecule has 4 N–H and O–H groups in total. The average molecular weight is 318 g/mol. The quantitative estimate of drug-likeness (QED) is 0.658. The Morgan fingerprint density at radius 3 is 2.70 bits per heavy atom. The predicted octanol–water partition coefficient (Wildman–Crippen LogP) is 0.734. The van der Waals surface area contributed by atoms with Gasteiger partial charge in [-0.1, -0.05) is 0 Å². The minimum absolute atomic E-state index is 0.0765. The normalized spacial score (nSPS) is 27.2. The lowest BCUT2D eigenvalue weighted by Gasteiger charge is -2.20. The fourth-order valence-corrected chi connectivity index (χ4v) is 3.20. The van der Waals surface area contributed by atoms with Gasteiger partial charge in [0.15, 0.2) is 0 Å². The van der Waals surface area contributed by atoms with Crippen molar-refractivity contribution in [1.82, 2.24) is 26.5 Å². The van der Waals surface area contributed by atoms with E-state index >= 15 is 0 Å². The minimum Gasteiger partial charge on any atom is -0.357 e. The maximum atomic E-state index is 12.1. The van der Waals surface area contributed by atoms with E-state index in [0.29, 0.717) is 6.54 Å². The molecule has 126 valence electrons. The summed E-state index contributed by atoms with van der Waals surface area (Å²) >= 11 is 0. The van der Waals surface area contributed by atoms with Crippen LogP contribution in [0, 0.1) is 0 Å². The summed E-state index contributed by atoms with van der Waals surface area (Å²) in [6.45, 7) is 6.74. The number of hydrogen-bond donors (Lipinski definition) is 4. The molecule has 23 heavy (non-hydrogen) atoms. The summed E-state index contributed by atoms with van der Waals surface area (Å²) in [5, 5.41) is 5.95. The molecule has 2 aliphatic heterocycles. The highest BCUT2D eigenvalue weighted by Crippen LogP contribution is 2.18. The van der Waals surface area contributed by atoms with Crippen molar-refractivity contribution in [1.29, 1.82) is 0 Å². The van der Waals surface area contributed by atoms with Crippen LogP contribution in [0.3, 0.4) is 0 Å². The number of carbonyl (C=O) groups excluding carboxylic acids is 1. The molecule has 0 saturated carbocycles. The topological polar surface area (TPSA) is 81.3 Å². The van der Waals surface area contributed by atoms with E-state index in [-0.39, 0.29) is 24.2 Å².